The fourth-order valence-electron chi connectivity index (χ4n) is 2.33. The highest BCUT2D eigenvalue weighted by Crippen LogP contribution is 2.38. The summed E-state index contributed by atoms with van der Waals surface area (Å²) < 4.78 is 0. The predicted octanol–water partition coefficient (Wildman–Crippen LogP) is 5.29. The number of nitrogens with one attached hydrogen (secondary N) is 1. The number of fused-ring (bicyclic) bond motifs is 1. The summed E-state index contributed by atoms with van der Waals surface area (Å²) in [6, 6.07) is 12.7. The molecule has 1 N–H and O–H groups in total. The van der Waals surface area contributed by atoms with Gasteiger partial charge in [0.25, 0.3) is 0 Å². The number of aliphatic imine (C=N–C) groups is 1. The first-order valence-corrected chi connectivity index (χ1v) is 8.27. The van der Waals surface area contributed by atoms with E-state index in [-0.39, 0.29) is 5.78 Å². The minimum absolute atomic E-state index is 0.0675. The number of anilines is 2. The number of hydrogen-bond acceptors (Lipinski definition) is 4. The Morgan fingerprint density at radius 2 is 1.67 bits per heavy atom. The second-order valence-electron chi connectivity index (χ2n) is 6.60. The maximum atomic E-state index is 12.7. The average molecular weight is 362 g/mol. The minimum atomic E-state index is -0.540. The molecule has 24 heavy (non-hydrogen) atoms. The molecule has 6 heteroatoms. The zero-order valence-electron chi connectivity index (χ0n) is 13.6. The first-order valence-electron chi connectivity index (χ1n) is 7.51. The third-order valence-electron chi connectivity index (χ3n) is 3.61. The number of ketones is 1. The van der Waals surface area contributed by atoms with Gasteiger partial charge in [0, 0.05) is 15.5 Å². The van der Waals surface area contributed by atoms with Gasteiger partial charge in [0.15, 0.2) is 5.84 Å². The van der Waals surface area contributed by atoms with Crippen molar-refractivity contribution in [2.45, 2.75) is 20.8 Å². The van der Waals surface area contributed by atoms with E-state index in [0.717, 1.165) is 11.4 Å². The molecule has 2 aromatic carbocycles. The molecular weight excluding hydrogens is 345 g/mol. The zero-order valence-corrected chi connectivity index (χ0v) is 15.1. The first kappa shape index (κ1) is 16.8. The van der Waals surface area contributed by atoms with Crippen molar-refractivity contribution >= 4 is 51.9 Å². The minimum Gasteiger partial charge on any atom is -0.290 e. The van der Waals surface area contributed by atoms with Gasteiger partial charge in [-0.15, -0.1) is 0 Å². The third kappa shape index (κ3) is 3.25. The van der Waals surface area contributed by atoms with Gasteiger partial charge in [0.2, 0.25) is 5.78 Å². The van der Waals surface area contributed by atoms with Crippen LogP contribution in [0.4, 0.5) is 17.1 Å². The maximum Gasteiger partial charge on any atom is 0.204 e. The average Bonchev–Trinajstić information content (AvgIpc) is 2.53. The summed E-state index contributed by atoms with van der Waals surface area (Å²) >= 11 is 12.1. The van der Waals surface area contributed by atoms with Crippen molar-refractivity contribution in [1.82, 2.24) is 5.43 Å². The van der Waals surface area contributed by atoms with Crippen LogP contribution < -0.4 is 10.4 Å². The molecule has 0 bridgehead atoms. The normalized spacial score (nSPS) is 13.9. The summed E-state index contributed by atoms with van der Waals surface area (Å²) in [5.74, 6) is 0.231. The molecule has 2 aromatic rings. The molecule has 124 valence electrons. The van der Waals surface area contributed by atoms with Crippen LogP contribution in [0.1, 0.15) is 20.8 Å². The van der Waals surface area contributed by atoms with E-state index >= 15 is 0 Å². The van der Waals surface area contributed by atoms with Gasteiger partial charge in [0.05, 0.1) is 17.1 Å². The zero-order chi connectivity index (χ0) is 17.5. The van der Waals surface area contributed by atoms with Crippen molar-refractivity contribution in [3.63, 3.8) is 0 Å². The van der Waals surface area contributed by atoms with Crippen LogP contribution in [0.25, 0.3) is 0 Å². The molecule has 1 heterocycles. The SMILES string of the molecule is CC(C)(C)C(=O)C1=Nc2ccc(Cl)cc2N(c2ccc(Cl)cc2)N1. The van der Waals surface area contributed by atoms with E-state index in [9.17, 15) is 4.79 Å². The Balaban J connectivity index is 2.11. The number of carbonyl (C=O) groups excluding carboxylic acids is 1. The van der Waals surface area contributed by atoms with E-state index < -0.39 is 5.41 Å². The van der Waals surface area contributed by atoms with Crippen LogP contribution in [0.15, 0.2) is 47.5 Å². The lowest BCUT2D eigenvalue weighted by atomic mass is 9.90. The highest BCUT2D eigenvalue weighted by atomic mass is 35.5. The van der Waals surface area contributed by atoms with Gasteiger partial charge >= 0.3 is 0 Å². The maximum absolute atomic E-state index is 12.7. The summed E-state index contributed by atoms with van der Waals surface area (Å²) in [6.07, 6.45) is 0. The van der Waals surface area contributed by atoms with Gasteiger partial charge in [-0.25, -0.2) is 4.99 Å². The molecule has 0 saturated carbocycles. The molecule has 3 rings (SSSR count). The molecule has 1 aliphatic heterocycles. The number of hydrogen-bond donors (Lipinski definition) is 1. The number of amidine groups is 1. The summed E-state index contributed by atoms with van der Waals surface area (Å²) in [7, 11) is 0. The van der Waals surface area contributed by atoms with Gasteiger partial charge in [-0.3, -0.25) is 15.2 Å². The van der Waals surface area contributed by atoms with E-state index in [0.29, 0.717) is 21.6 Å². The fourth-order valence-corrected chi connectivity index (χ4v) is 2.62. The summed E-state index contributed by atoms with van der Waals surface area (Å²) in [5, 5.41) is 3.03. The number of benzene rings is 2. The van der Waals surface area contributed by atoms with Crippen LogP contribution in [0.5, 0.6) is 0 Å². The van der Waals surface area contributed by atoms with Crippen molar-refractivity contribution in [2.75, 3.05) is 5.01 Å². The largest absolute Gasteiger partial charge is 0.290 e. The van der Waals surface area contributed by atoms with Crippen molar-refractivity contribution in [3.8, 4) is 0 Å². The molecule has 0 atom stereocenters. The number of carbonyl (C=O) groups is 1. The number of nitrogens with zero attached hydrogens (tertiary/aromatic N) is 2. The van der Waals surface area contributed by atoms with Crippen molar-refractivity contribution in [2.24, 2.45) is 10.4 Å². The molecule has 0 radical (unpaired) electrons. The molecule has 0 aliphatic carbocycles. The van der Waals surface area contributed by atoms with Crippen molar-refractivity contribution < 1.29 is 4.79 Å². The number of halogens is 2. The molecule has 0 fully saturated rings. The van der Waals surface area contributed by atoms with Crippen LogP contribution in [0.2, 0.25) is 10.0 Å². The molecule has 0 unspecified atom stereocenters. The van der Waals surface area contributed by atoms with Gasteiger partial charge in [0.1, 0.15) is 0 Å². The lowest BCUT2D eigenvalue weighted by Crippen LogP contribution is -2.48. The first-order chi connectivity index (χ1) is 11.3. The predicted molar refractivity (Wildman–Crippen MR) is 99.7 cm³/mol. The molecule has 0 amide bonds. The molecule has 0 aromatic heterocycles. The summed E-state index contributed by atoms with van der Waals surface area (Å²) in [6.45, 7) is 5.59. The molecular formula is C18H17Cl2N3O. The highest BCUT2D eigenvalue weighted by Gasteiger charge is 2.31. The van der Waals surface area contributed by atoms with E-state index in [1.165, 1.54) is 0 Å². The summed E-state index contributed by atoms with van der Waals surface area (Å²) in [5.41, 5.74) is 4.86. The van der Waals surface area contributed by atoms with Gasteiger partial charge < -0.3 is 0 Å². The van der Waals surface area contributed by atoms with Gasteiger partial charge in [-0.2, -0.15) is 0 Å². The monoisotopic (exact) mass is 361 g/mol. The Labute approximate surface area is 151 Å². The standard InChI is InChI=1S/C18H17Cl2N3O/c1-18(2,3)16(24)17-21-14-9-6-12(20)10-15(14)23(22-17)13-7-4-11(19)5-8-13/h4-10H,1-3H3,(H,21,22). The molecule has 0 saturated heterocycles. The second kappa shape index (κ2) is 6.11. The third-order valence-corrected chi connectivity index (χ3v) is 4.10. The van der Waals surface area contributed by atoms with Crippen LogP contribution >= 0.6 is 23.2 Å². The lowest BCUT2D eigenvalue weighted by molar-refractivity contribution is -0.119. The Morgan fingerprint density at radius 1 is 1.04 bits per heavy atom. The van der Waals surface area contributed by atoms with Gasteiger partial charge in [-0.05, 0) is 42.5 Å². The summed E-state index contributed by atoms with van der Waals surface area (Å²) in [4.78, 5) is 17.1. The number of rotatable bonds is 2. The van der Waals surface area contributed by atoms with E-state index in [1.807, 2.05) is 32.9 Å². The quantitative estimate of drug-likeness (QED) is 0.789. The van der Waals surface area contributed by atoms with Crippen molar-refractivity contribution in [3.05, 3.63) is 52.5 Å². The Hall–Kier alpha value is -2.04. The van der Waals surface area contributed by atoms with E-state index in [1.54, 1.807) is 35.3 Å². The second-order valence-corrected chi connectivity index (χ2v) is 7.47. The number of hydrazine groups is 1. The Morgan fingerprint density at radius 3 is 2.29 bits per heavy atom. The van der Waals surface area contributed by atoms with E-state index in [2.05, 4.69) is 10.4 Å². The molecule has 0 spiro atoms. The Kier molecular flexibility index (Phi) is 4.28. The molecule has 1 aliphatic rings. The highest BCUT2D eigenvalue weighted by molar-refractivity contribution is 6.42. The lowest BCUT2D eigenvalue weighted by Gasteiger charge is -2.33. The van der Waals surface area contributed by atoms with E-state index in [4.69, 9.17) is 23.2 Å². The van der Waals surface area contributed by atoms with Gasteiger partial charge in [-0.1, -0.05) is 44.0 Å². The van der Waals surface area contributed by atoms with Crippen LogP contribution in [0.3, 0.4) is 0 Å². The molecule has 4 nitrogen and oxygen atoms in total. The smallest absolute Gasteiger partial charge is 0.204 e. The fraction of sp³-hybridized carbons (Fsp3) is 0.222. The Bertz CT molecular complexity index is 823. The van der Waals surface area contributed by atoms with Crippen LogP contribution in [0, 0.1) is 5.41 Å². The van der Waals surface area contributed by atoms with Crippen LogP contribution in [-0.2, 0) is 4.79 Å². The topological polar surface area (TPSA) is 44.7 Å². The van der Waals surface area contributed by atoms with Crippen LogP contribution in [-0.4, -0.2) is 11.6 Å². The number of Topliss-reactive ketones (excluding diaryl/α,β-unsaturated/α-hetero) is 1. The van der Waals surface area contributed by atoms with Crippen molar-refractivity contribution in [1.29, 1.82) is 0 Å².